The second-order valence-electron chi connectivity index (χ2n) is 8.23. The van der Waals surface area contributed by atoms with E-state index in [1.807, 2.05) is 0 Å². The third-order valence-electron chi connectivity index (χ3n) is 5.72. The summed E-state index contributed by atoms with van der Waals surface area (Å²) in [5.41, 5.74) is 1.92. The lowest BCUT2D eigenvalue weighted by Gasteiger charge is -2.40. The summed E-state index contributed by atoms with van der Waals surface area (Å²) in [4.78, 5) is 28.7. The second-order valence-corrected chi connectivity index (χ2v) is 8.23. The molecular formula is C21H25N5O7. The van der Waals surface area contributed by atoms with Gasteiger partial charge < -0.3 is 30.5 Å². The number of carboxylic acids is 1. The number of aliphatic hydroxyl groups excluding tert-OH is 3. The Morgan fingerprint density at radius 1 is 1.27 bits per heavy atom. The highest BCUT2D eigenvalue weighted by molar-refractivity contribution is 6.02. The van der Waals surface area contributed by atoms with Gasteiger partial charge >= 0.3 is 5.97 Å². The van der Waals surface area contributed by atoms with Crippen LogP contribution in [0, 0.1) is 5.92 Å². The Morgan fingerprint density at radius 3 is 2.70 bits per heavy atom. The first-order valence-electron chi connectivity index (χ1n) is 10.4. The number of fused-ring (bicyclic) bond motifs is 3. The van der Waals surface area contributed by atoms with Crippen LogP contribution in [-0.4, -0.2) is 83.2 Å². The zero-order valence-electron chi connectivity index (χ0n) is 17.9. The molecule has 0 radical (unpaired) electrons. The molecule has 1 aromatic carbocycles. The maximum Gasteiger partial charge on any atom is 0.370 e. The van der Waals surface area contributed by atoms with E-state index in [2.05, 4.69) is 20.6 Å². The van der Waals surface area contributed by atoms with Gasteiger partial charge in [-0.2, -0.15) is 5.10 Å². The van der Waals surface area contributed by atoms with Crippen LogP contribution >= 0.6 is 0 Å². The fourth-order valence-corrected chi connectivity index (χ4v) is 3.93. The van der Waals surface area contributed by atoms with E-state index in [4.69, 9.17) is 4.74 Å². The summed E-state index contributed by atoms with van der Waals surface area (Å²) >= 11 is 0. The van der Waals surface area contributed by atoms with Crippen molar-refractivity contribution in [3.05, 3.63) is 36.2 Å². The lowest BCUT2D eigenvalue weighted by molar-refractivity contribution is -0.147. The number of aromatic amines is 1. The monoisotopic (exact) mass is 459 g/mol. The molecule has 2 aromatic heterocycles. The number of hydrogen-bond acceptors (Lipinski definition) is 8. The van der Waals surface area contributed by atoms with Gasteiger partial charge in [-0.15, -0.1) is 0 Å². The highest BCUT2D eigenvalue weighted by Crippen LogP contribution is 2.33. The molecule has 1 aliphatic heterocycles. The molecule has 0 unspecified atom stereocenters. The van der Waals surface area contributed by atoms with Gasteiger partial charge in [0.2, 0.25) is 11.7 Å². The van der Waals surface area contributed by atoms with Crippen molar-refractivity contribution in [1.82, 2.24) is 25.3 Å². The fraction of sp³-hybridized carbons (Fsp3) is 0.429. The molecule has 6 N–H and O–H groups in total. The van der Waals surface area contributed by atoms with Crippen molar-refractivity contribution < 1.29 is 34.8 Å². The maximum atomic E-state index is 12.6. The minimum atomic E-state index is -1.70. The van der Waals surface area contributed by atoms with Crippen molar-refractivity contribution in [2.75, 3.05) is 6.61 Å². The predicted molar refractivity (Wildman–Crippen MR) is 115 cm³/mol. The Balaban J connectivity index is 1.87. The number of amides is 1. The second kappa shape index (κ2) is 8.81. The van der Waals surface area contributed by atoms with E-state index in [1.54, 1.807) is 42.9 Å². The van der Waals surface area contributed by atoms with Crippen molar-refractivity contribution in [3.63, 3.8) is 0 Å². The number of hydrogen-bond donors (Lipinski definition) is 6. The number of carbonyl (C=O) groups is 2. The molecule has 12 heteroatoms. The minimum absolute atomic E-state index is 0.372. The molecule has 4 rings (SSSR count). The van der Waals surface area contributed by atoms with Crippen LogP contribution in [-0.2, 0) is 14.3 Å². The maximum absolute atomic E-state index is 12.6. The zero-order chi connectivity index (χ0) is 23.9. The number of nitrogens with zero attached hydrogens (tertiary/aromatic N) is 3. The van der Waals surface area contributed by atoms with Gasteiger partial charge in [0.1, 0.15) is 23.8 Å². The van der Waals surface area contributed by atoms with Gasteiger partial charge in [0.05, 0.1) is 29.7 Å². The number of aliphatic hydroxyl groups is 3. The summed E-state index contributed by atoms with van der Waals surface area (Å²) in [6, 6.07) is 3.44. The van der Waals surface area contributed by atoms with E-state index in [0.29, 0.717) is 11.0 Å². The Bertz CT molecular complexity index is 1220. The number of aromatic nitrogens is 4. The summed E-state index contributed by atoms with van der Waals surface area (Å²) in [6.45, 7) is 2.57. The third-order valence-corrected chi connectivity index (χ3v) is 5.72. The van der Waals surface area contributed by atoms with Crippen molar-refractivity contribution in [1.29, 1.82) is 0 Å². The zero-order valence-corrected chi connectivity index (χ0v) is 17.9. The molecule has 0 bridgehead atoms. The quantitative estimate of drug-likeness (QED) is 0.276. The number of carboxylic acid groups (broad SMARTS) is 1. The Kier molecular flexibility index (Phi) is 6.06. The molecule has 0 spiro atoms. The summed E-state index contributed by atoms with van der Waals surface area (Å²) in [6.07, 6.45) is -1.76. The largest absolute Gasteiger partial charge is 0.478 e. The smallest absolute Gasteiger partial charge is 0.370 e. The van der Waals surface area contributed by atoms with Gasteiger partial charge in [-0.05, 0) is 24.3 Å². The molecule has 5 atom stereocenters. The van der Waals surface area contributed by atoms with Gasteiger partial charge in [-0.1, -0.05) is 13.8 Å². The molecule has 3 aromatic rings. The van der Waals surface area contributed by atoms with Crippen LogP contribution < -0.4 is 5.32 Å². The lowest BCUT2D eigenvalue weighted by Crippen LogP contribution is -2.59. The molecule has 3 heterocycles. The van der Waals surface area contributed by atoms with Crippen molar-refractivity contribution in [2.45, 2.75) is 44.2 Å². The summed E-state index contributed by atoms with van der Waals surface area (Å²) in [5, 5.41) is 50.4. The van der Waals surface area contributed by atoms with Crippen LogP contribution in [0.3, 0.4) is 0 Å². The van der Waals surface area contributed by atoms with E-state index >= 15 is 0 Å². The molecule has 1 aliphatic rings. The van der Waals surface area contributed by atoms with E-state index < -0.39 is 54.6 Å². The normalized spacial score (nSPS) is 22.7. The van der Waals surface area contributed by atoms with Gasteiger partial charge in [0.15, 0.2) is 0 Å². The van der Waals surface area contributed by atoms with Crippen LogP contribution in [0.15, 0.2) is 36.2 Å². The highest BCUT2D eigenvalue weighted by atomic mass is 16.5. The number of carbonyl (C=O) groups excluding carboxylic acids is 1. The first-order chi connectivity index (χ1) is 15.7. The Labute approximate surface area is 187 Å². The number of H-pyrrole nitrogens is 1. The van der Waals surface area contributed by atoms with E-state index in [-0.39, 0.29) is 5.91 Å². The van der Waals surface area contributed by atoms with Crippen LogP contribution in [0.25, 0.3) is 21.9 Å². The number of ether oxygens (including phenoxy) is 1. The highest BCUT2D eigenvalue weighted by Gasteiger charge is 2.45. The third kappa shape index (κ3) is 4.03. The van der Waals surface area contributed by atoms with Crippen molar-refractivity contribution in [3.8, 4) is 0 Å². The molecule has 0 saturated carbocycles. The Hall–Kier alpha value is -3.48. The van der Waals surface area contributed by atoms with Gasteiger partial charge in [0, 0.05) is 17.5 Å². The summed E-state index contributed by atoms with van der Waals surface area (Å²) in [5.74, 6) is -2.66. The van der Waals surface area contributed by atoms with Gasteiger partial charge in [-0.3, -0.25) is 14.5 Å². The first kappa shape index (κ1) is 22.7. The standard InChI is InChI=1S/C21H25N5O7/c1-9(2)20(30)23-17-13(7-15(21(31)32)33-19(17)18(29)14(28)8-27)26-12-4-3-11-10(5-6-22-11)16(12)24-25-26/h3-7,9,13-14,17-19,25,27-29H,8H2,1-2H3,(H,23,30)(H,31,32)/t13-,14+,17+,18+,19+/m0/s1. The molecule has 0 saturated heterocycles. The topological polar surface area (TPSA) is 183 Å². The molecule has 33 heavy (non-hydrogen) atoms. The van der Waals surface area contributed by atoms with Crippen LogP contribution in [0.5, 0.6) is 0 Å². The molecule has 0 fully saturated rings. The average molecular weight is 459 g/mol. The minimum Gasteiger partial charge on any atom is -0.478 e. The molecule has 176 valence electrons. The number of rotatable bonds is 7. The van der Waals surface area contributed by atoms with E-state index in [9.17, 15) is 30.0 Å². The molecule has 1 amide bonds. The average Bonchev–Trinajstić information content (AvgIpc) is 3.44. The molecular weight excluding hydrogens is 434 g/mol. The Morgan fingerprint density at radius 2 is 2.03 bits per heavy atom. The van der Waals surface area contributed by atoms with Crippen LogP contribution in [0.4, 0.5) is 0 Å². The van der Waals surface area contributed by atoms with Crippen LogP contribution in [0.2, 0.25) is 0 Å². The van der Waals surface area contributed by atoms with Crippen LogP contribution in [0.1, 0.15) is 19.9 Å². The molecule has 12 nitrogen and oxygen atoms in total. The van der Waals surface area contributed by atoms with E-state index in [1.165, 1.54) is 6.08 Å². The summed E-state index contributed by atoms with van der Waals surface area (Å²) in [7, 11) is 0. The lowest BCUT2D eigenvalue weighted by atomic mass is 9.91. The number of aliphatic carboxylic acids is 1. The van der Waals surface area contributed by atoms with Gasteiger partial charge in [0.25, 0.3) is 0 Å². The first-order valence-corrected chi connectivity index (χ1v) is 10.4. The number of benzene rings is 1. The van der Waals surface area contributed by atoms with E-state index in [0.717, 1.165) is 10.9 Å². The van der Waals surface area contributed by atoms with Crippen molar-refractivity contribution >= 4 is 33.8 Å². The SMILES string of the molecule is CC(C)C(=O)N[C@H]1[C@H]([C@H](O)[C@H](O)CO)OC(C(=O)O)=C[C@@H]1n1[nH]nc2c3ccnc3ccc21. The fourth-order valence-electron chi connectivity index (χ4n) is 3.93. The summed E-state index contributed by atoms with van der Waals surface area (Å²) < 4.78 is 7.05. The van der Waals surface area contributed by atoms with Crippen molar-refractivity contribution in [2.24, 2.45) is 5.92 Å². The molecule has 0 aliphatic carbocycles. The number of nitrogens with one attached hydrogen (secondary N) is 2. The van der Waals surface area contributed by atoms with Gasteiger partial charge in [-0.25, -0.2) is 10.0 Å². The predicted octanol–water partition coefficient (Wildman–Crippen LogP) is -0.324.